The number of benzene rings is 1. The van der Waals surface area contributed by atoms with Crippen LogP contribution in [-0.4, -0.2) is 5.54 Å². The molecule has 1 aromatic rings. The van der Waals surface area contributed by atoms with Gasteiger partial charge in [-0.15, -0.1) is 0 Å². The monoisotopic (exact) mass is 191 g/mol. The van der Waals surface area contributed by atoms with Crippen LogP contribution in [0.25, 0.3) is 4.85 Å². The summed E-state index contributed by atoms with van der Waals surface area (Å²) in [6.07, 6.45) is 2.87. The molecule has 1 aliphatic carbocycles. The minimum atomic E-state index is -0.106. The van der Waals surface area contributed by atoms with Crippen LogP contribution in [0.1, 0.15) is 18.4 Å². The lowest BCUT2D eigenvalue weighted by Gasteiger charge is -2.04. The molecule has 0 amide bonds. The third-order valence-corrected chi connectivity index (χ3v) is 2.91. The molecule has 0 heterocycles. The highest BCUT2D eigenvalue weighted by atomic mass is 35.5. The minimum absolute atomic E-state index is 0.106. The largest absolute Gasteiger partial charge is 0.310 e. The van der Waals surface area contributed by atoms with Gasteiger partial charge >= 0.3 is 0 Å². The van der Waals surface area contributed by atoms with Gasteiger partial charge in [0.15, 0.2) is 0 Å². The molecule has 0 radical (unpaired) electrons. The molecule has 0 saturated heterocycles. The molecule has 1 saturated carbocycles. The lowest BCUT2D eigenvalue weighted by Crippen LogP contribution is -2.06. The molecule has 0 aliphatic heterocycles. The van der Waals surface area contributed by atoms with E-state index in [9.17, 15) is 0 Å². The van der Waals surface area contributed by atoms with E-state index in [-0.39, 0.29) is 5.54 Å². The smallest absolute Gasteiger partial charge is 0.237 e. The highest BCUT2D eigenvalue weighted by Crippen LogP contribution is 2.43. The fraction of sp³-hybridized carbons (Fsp3) is 0.364. The number of halogens is 1. The molecule has 1 aromatic carbocycles. The Bertz CT molecular complexity index is 361. The van der Waals surface area contributed by atoms with Crippen LogP contribution >= 0.6 is 11.6 Å². The van der Waals surface area contributed by atoms with Gasteiger partial charge in [-0.3, -0.25) is 0 Å². The van der Waals surface area contributed by atoms with E-state index in [1.807, 2.05) is 24.3 Å². The Morgan fingerprint density at radius 2 is 2.08 bits per heavy atom. The van der Waals surface area contributed by atoms with Gasteiger partial charge in [0.1, 0.15) is 0 Å². The number of hydrogen-bond acceptors (Lipinski definition) is 0. The first-order valence-corrected chi connectivity index (χ1v) is 4.76. The maximum absolute atomic E-state index is 7.07. The summed E-state index contributed by atoms with van der Waals surface area (Å²) in [5, 5.41) is 0.789. The summed E-state index contributed by atoms with van der Waals surface area (Å²) >= 11 is 6.01. The summed E-state index contributed by atoms with van der Waals surface area (Å²) in [6.45, 7) is 7.07. The van der Waals surface area contributed by atoms with Gasteiger partial charge in [-0.25, -0.2) is 6.57 Å². The van der Waals surface area contributed by atoms with Crippen LogP contribution in [0.4, 0.5) is 0 Å². The zero-order chi connectivity index (χ0) is 9.31. The molecule has 0 bridgehead atoms. The normalized spacial score (nSPS) is 17.8. The van der Waals surface area contributed by atoms with E-state index in [1.54, 1.807) is 0 Å². The quantitative estimate of drug-likeness (QED) is 0.632. The van der Waals surface area contributed by atoms with Crippen LogP contribution in [0.3, 0.4) is 0 Å². The summed E-state index contributed by atoms with van der Waals surface area (Å²) in [5.74, 6) is 0. The molecule has 0 atom stereocenters. The number of nitrogens with zero attached hydrogens (tertiary/aromatic N) is 1. The molecule has 0 N–H and O–H groups in total. The van der Waals surface area contributed by atoms with E-state index in [0.717, 1.165) is 29.8 Å². The van der Waals surface area contributed by atoms with Crippen molar-refractivity contribution in [1.82, 2.24) is 0 Å². The Hall–Kier alpha value is -1.00. The molecular formula is C11H10ClN. The summed E-state index contributed by atoms with van der Waals surface area (Å²) in [6, 6.07) is 7.79. The van der Waals surface area contributed by atoms with Crippen molar-refractivity contribution in [3.05, 3.63) is 46.3 Å². The predicted octanol–water partition coefficient (Wildman–Crippen LogP) is 3.33. The van der Waals surface area contributed by atoms with Crippen LogP contribution in [-0.2, 0) is 6.42 Å². The highest BCUT2D eigenvalue weighted by molar-refractivity contribution is 6.31. The van der Waals surface area contributed by atoms with Crippen molar-refractivity contribution in [2.75, 3.05) is 0 Å². The highest BCUT2D eigenvalue weighted by Gasteiger charge is 2.50. The first kappa shape index (κ1) is 8.59. The predicted molar refractivity (Wildman–Crippen MR) is 53.7 cm³/mol. The molecule has 1 aliphatic rings. The van der Waals surface area contributed by atoms with E-state index in [4.69, 9.17) is 18.2 Å². The molecular weight excluding hydrogens is 182 g/mol. The van der Waals surface area contributed by atoms with Gasteiger partial charge in [0.05, 0.1) is 6.42 Å². The standard InChI is InChI=1S/C11H10ClN/c1-13-11(6-7-11)8-9-4-2-3-5-10(9)12/h2-5H,6-8H2. The zero-order valence-electron chi connectivity index (χ0n) is 7.26. The van der Waals surface area contributed by atoms with Crippen molar-refractivity contribution >= 4 is 11.6 Å². The van der Waals surface area contributed by atoms with Crippen LogP contribution in [0, 0.1) is 6.57 Å². The molecule has 66 valence electrons. The molecule has 1 fully saturated rings. The zero-order valence-corrected chi connectivity index (χ0v) is 8.01. The lowest BCUT2D eigenvalue weighted by molar-refractivity contribution is 0.782. The third-order valence-electron chi connectivity index (χ3n) is 2.54. The van der Waals surface area contributed by atoms with E-state index in [1.165, 1.54) is 0 Å². The maximum Gasteiger partial charge on any atom is 0.237 e. The van der Waals surface area contributed by atoms with Gasteiger partial charge in [-0.05, 0) is 11.6 Å². The number of hydrogen-bond donors (Lipinski definition) is 0. The van der Waals surface area contributed by atoms with Crippen molar-refractivity contribution < 1.29 is 0 Å². The van der Waals surface area contributed by atoms with Crippen molar-refractivity contribution in [1.29, 1.82) is 0 Å². The summed E-state index contributed by atoms with van der Waals surface area (Å²) in [5.41, 5.74) is 1.00. The van der Waals surface area contributed by atoms with Crippen LogP contribution in [0.15, 0.2) is 24.3 Å². The van der Waals surface area contributed by atoms with E-state index in [0.29, 0.717) is 0 Å². The molecule has 0 aromatic heterocycles. The first-order valence-electron chi connectivity index (χ1n) is 4.38. The second kappa shape index (κ2) is 3.05. The fourth-order valence-electron chi connectivity index (χ4n) is 1.47. The Morgan fingerprint density at radius 1 is 1.38 bits per heavy atom. The Morgan fingerprint density at radius 3 is 2.62 bits per heavy atom. The second-order valence-electron chi connectivity index (χ2n) is 3.60. The van der Waals surface area contributed by atoms with Crippen molar-refractivity contribution in [2.24, 2.45) is 0 Å². The van der Waals surface area contributed by atoms with Gasteiger partial charge in [0.2, 0.25) is 5.54 Å². The molecule has 2 heteroatoms. The van der Waals surface area contributed by atoms with Gasteiger partial charge in [-0.2, -0.15) is 0 Å². The van der Waals surface area contributed by atoms with Crippen LogP contribution in [0.5, 0.6) is 0 Å². The molecule has 0 spiro atoms. The molecule has 13 heavy (non-hydrogen) atoms. The average molecular weight is 192 g/mol. The van der Waals surface area contributed by atoms with Crippen LogP contribution < -0.4 is 0 Å². The van der Waals surface area contributed by atoms with Gasteiger partial charge < -0.3 is 4.85 Å². The van der Waals surface area contributed by atoms with E-state index >= 15 is 0 Å². The summed E-state index contributed by atoms with van der Waals surface area (Å²) in [4.78, 5) is 3.66. The Labute approximate surface area is 83.2 Å². The van der Waals surface area contributed by atoms with Gasteiger partial charge in [0, 0.05) is 17.9 Å². The Balaban J connectivity index is 2.20. The second-order valence-corrected chi connectivity index (χ2v) is 4.01. The van der Waals surface area contributed by atoms with Gasteiger partial charge in [0.25, 0.3) is 0 Å². The third kappa shape index (κ3) is 1.68. The van der Waals surface area contributed by atoms with Crippen molar-refractivity contribution in [3.63, 3.8) is 0 Å². The van der Waals surface area contributed by atoms with E-state index < -0.39 is 0 Å². The molecule has 0 unspecified atom stereocenters. The topological polar surface area (TPSA) is 4.36 Å². The van der Waals surface area contributed by atoms with Gasteiger partial charge in [-0.1, -0.05) is 29.8 Å². The average Bonchev–Trinajstić information content (AvgIpc) is 2.90. The SMILES string of the molecule is [C-]#[N+]C1(Cc2ccccc2Cl)CC1. The lowest BCUT2D eigenvalue weighted by atomic mass is 10.1. The number of rotatable bonds is 2. The maximum atomic E-state index is 7.07. The molecule has 1 nitrogen and oxygen atoms in total. The minimum Gasteiger partial charge on any atom is -0.310 e. The summed E-state index contributed by atoms with van der Waals surface area (Å²) in [7, 11) is 0. The van der Waals surface area contributed by atoms with Crippen molar-refractivity contribution in [3.8, 4) is 0 Å². The summed E-state index contributed by atoms with van der Waals surface area (Å²) < 4.78 is 0. The fourth-order valence-corrected chi connectivity index (χ4v) is 1.67. The van der Waals surface area contributed by atoms with E-state index in [2.05, 4.69) is 4.85 Å². The molecule has 2 rings (SSSR count). The Kier molecular flexibility index (Phi) is 2.01. The van der Waals surface area contributed by atoms with Crippen LogP contribution in [0.2, 0.25) is 5.02 Å². The van der Waals surface area contributed by atoms with Crippen molar-refractivity contribution in [2.45, 2.75) is 24.8 Å². The first-order chi connectivity index (χ1) is 6.26.